The average Bonchev–Trinajstić information content (AvgIpc) is 3.35. The summed E-state index contributed by atoms with van der Waals surface area (Å²) >= 11 is 0. The predicted molar refractivity (Wildman–Crippen MR) is 117 cm³/mol. The van der Waals surface area contributed by atoms with E-state index in [4.69, 9.17) is 28.0 Å². The number of hydrogen-bond acceptors (Lipinski definition) is 8. The van der Waals surface area contributed by atoms with Gasteiger partial charge in [0.1, 0.15) is 36.6 Å². The van der Waals surface area contributed by atoms with Gasteiger partial charge in [-0.15, -0.1) is 0 Å². The molecule has 10 heteroatoms. The molecule has 0 amide bonds. The van der Waals surface area contributed by atoms with Gasteiger partial charge in [-0.3, -0.25) is 9.05 Å². The van der Waals surface area contributed by atoms with Crippen LogP contribution in [0, 0.1) is 5.92 Å². The van der Waals surface area contributed by atoms with Crippen molar-refractivity contribution >= 4 is 7.82 Å². The highest BCUT2D eigenvalue weighted by atomic mass is 31.2. The van der Waals surface area contributed by atoms with E-state index in [0.717, 1.165) is 70.6 Å². The molecule has 5 unspecified atom stereocenters. The quantitative estimate of drug-likeness (QED) is 0.537. The molecule has 0 bridgehead atoms. The Morgan fingerprint density at radius 1 is 0.879 bits per heavy atom. The first-order chi connectivity index (χ1) is 15.8. The molecule has 0 aromatic heterocycles. The Hall–Kier alpha value is -0.0900. The Morgan fingerprint density at radius 3 is 1.79 bits per heavy atom. The molecule has 5 rings (SSSR count). The maximum absolute atomic E-state index is 13.0. The molecule has 2 spiro atoms. The van der Waals surface area contributed by atoms with Gasteiger partial charge in [0.25, 0.3) is 0 Å². The number of phosphoric ester groups is 1. The van der Waals surface area contributed by atoms with Gasteiger partial charge in [0.05, 0.1) is 6.61 Å². The normalized spacial score (nSPS) is 42.1. The predicted octanol–water partition coefficient (Wildman–Crippen LogP) is 3.80. The van der Waals surface area contributed by atoms with Crippen LogP contribution in [0.4, 0.5) is 0 Å². The third kappa shape index (κ3) is 4.83. The van der Waals surface area contributed by atoms with E-state index in [2.05, 4.69) is 0 Å². The van der Waals surface area contributed by atoms with Gasteiger partial charge in [-0.25, -0.2) is 4.57 Å². The van der Waals surface area contributed by atoms with Crippen LogP contribution in [0.2, 0.25) is 0 Å². The Labute approximate surface area is 196 Å². The van der Waals surface area contributed by atoms with Gasteiger partial charge in [-0.2, -0.15) is 0 Å². The third-order valence-electron chi connectivity index (χ3n) is 8.08. The molecule has 0 radical (unpaired) electrons. The fourth-order valence-corrected chi connectivity index (χ4v) is 7.07. The molecule has 0 aromatic rings. The molecular weight excluding hydrogens is 451 g/mol. The van der Waals surface area contributed by atoms with Crippen molar-refractivity contribution in [1.82, 2.24) is 0 Å². The fraction of sp³-hybridized carbons (Fsp3) is 1.00. The lowest BCUT2D eigenvalue weighted by Crippen LogP contribution is -2.62. The topological polar surface area (TPSA) is 113 Å². The zero-order valence-electron chi connectivity index (χ0n) is 19.7. The van der Waals surface area contributed by atoms with E-state index in [1.165, 1.54) is 0 Å². The van der Waals surface area contributed by atoms with Gasteiger partial charge in [0.15, 0.2) is 11.6 Å². The summed E-state index contributed by atoms with van der Waals surface area (Å²) in [7, 11) is -4.40. The zero-order chi connectivity index (χ0) is 23.3. The number of aliphatic hydroxyl groups is 1. The highest BCUT2D eigenvalue weighted by Gasteiger charge is 2.67. The molecule has 9 nitrogen and oxygen atoms in total. The number of aliphatic hydroxyl groups excluding tert-OH is 1. The monoisotopic (exact) mass is 490 g/mol. The number of phosphoric acid groups is 1. The molecule has 2 heterocycles. The highest BCUT2D eigenvalue weighted by molar-refractivity contribution is 7.47. The largest absolute Gasteiger partial charge is 0.472 e. The summed E-state index contributed by atoms with van der Waals surface area (Å²) in [6.07, 6.45) is 5.00. The van der Waals surface area contributed by atoms with Crippen molar-refractivity contribution < 1.29 is 42.6 Å². The number of hydrogen-bond donors (Lipinski definition) is 2. The van der Waals surface area contributed by atoms with E-state index in [1.54, 1.807) is 0 Å². The van der Waals surface area contributed by atoms with Crippen LogP contribution in [0.5, 0.6) is 0 Å². The number of fused-ring (bicyclic) bond motifs is 2. The number of ether oxygens (including phenoxy) is 4. The molecule has 5 aliphatic rings. The van der Waals surface area contributed by atoms with Gasteiger partial charge >= 0.3 is 7.82 Å². The minimum atomic E-state index is -4.40. The van der Waals surface area contributed by atoms with Crippen LogP contribution in [-0.2, 0) is 32.6 Å². The lowest BCUT2D eigenvalue weighted by atomic mass is 9.85. The van der Waals surface area contributed by atoms with E-state index in [0.29, 0.717) is 0 Å². The first kappa shape index (κ1) is 24.6. The van der Waals surface area contributed by atoms with Crippen molar-refractivity contribution in [2.75, 3.05) is 6.61 Å². The molecule has 2 saturated heterocycles. The second kappa shape index (κ2) is 9.41. The van der Waals surface area contributed by atoms with Crippen molar-refractivity contribution in [3.63, 3.8) is 0 Å². The fourth-order valence-electron chi connectivity index (χ4n) is 6.02. The van der Waals surface area contributed by atoms with Crippen LogP contribution in [0.25, 0.3) is 0 Å². The summed E-state index contributed by atoms with van der Waals surface area (Å²) in [5, 5.41) is 11.3. The highest BCUT2D eigenvalue weighted by Crippen LogP contribution is 2.55. The molecule has 3 saturated carbocycles. The molecule has 0 aromatic carbocycles. The van der Waals surface area contributed by atoms with Gasteiger partial charge < -0.3 is 28.9 Å². The van der Waals surface area contributed by atoms with Gasteiger partial charge in [-0.1, -0.05) is 33.1 Å². The Balaban J connectivity index is 1.40. The molecular formula is C23H39O9P. The van der Waals surface area contributed by atoms with Crippen molar-refractivity contribution in [2.24, 2.45) is 5.92 Å². The van der Waals surface area contributed by atoms with Crippen LogP contribution in [-0.4, -0.2) is 64.8 Å². The lowest BCUT2D eigenvalue weighted by molar-refractivity contribution is -0.223. The summed E-state index contributed by atoms with van der Waals surface area (Å²) in [5.74, 6) is -1.47. The molecule has 190 valence electrons. The first-order valence-electron chi connectivity index (χ1n) is 12.8. The van der Waals surface area contributed by atoms with Crippen molar-refractivity contribution in [1.29, 1.82) is 0 Å². The summed E-state index contributed by atoms with van der Waals surface area (Å²) in [4.78, 5) is 10.6. The lowest BCUT2D eigenvalue weighted by Gasteiger charge is -2.40. The SMILES string of the molecule is CC[C@@H](C)COP(=O)(O)OC1C2OC3(CCCCC3)OC2C(O)C2OC3(CCCCC3)OC21. The Bertz CT molecular complexity index is 693. The summed E-state index contributed by atoms with van der Waals surface area (Å²) in [5.41, 5.74) is 0. The van der Waals surface area contributed by atoms with E-state index < -0.39 is 56.0 Å². The zero-order valence-corrected chi connectivity index (χ0v) is 20.6. The first-order valence-corrected chi connectivity index (χ1v) is 14.3. The maximum Gasteiger partial charge on any atom is 0.472 e. The van der Waals surface area contributed by atoms with E-state index >= 15 is 0 Å². The second-order valence-corrected chi connectivity index (χ2v) is 12.0. The molecule has 33 heavy (non-hydrogen) atoms. The maximum atomic E-state index is 13.0. The van der Waals surface area contributed by atoms with Crippen molar-refractivity contribution in [3.05, 3.63) is 0 Å². The van der Waals surface area contributed by atoms with Crippen LogP contribution in [0.15, 0.2) is 0 Å². The van der Waals surface area contributed by atoms with Crippen LogP contribution >= 0.6 is 7.82 Å². The second-order valence-electron chi connectivity index (χ2n) is 10.6. The van der Waals surface area contributed by atoms with Crippen LogP contribution in [0.3, 0.4) is 0 Å². The Morgan fingerprint density at radius 2 is 1.33 bits per heavy atom. The average molecular weight is 491 g/mol. The standard InChI is InChI=1S/C23H39O9P/c1-3-15(2)14-27-33(25,26)32-21-19-17(28-22(30-19)10-6-4-7-11-22)16(24)18-20(21)31-23(29-18)12-8-5-9-13-23/h15-21,24H,3-14H2,1-2H3,(H,25,26)/t15-,16?,17?,18?,19?,20?,21?/m1/s1. The molecule has 3 aliphatic carbocycles. The summed E-state index contributed by atoms with van der Waals surface area (Å²) in [6, 6.07) is 0. The smallest absolute Gasteiger partial charge is 0.387 e. The van der Waals surface area contributed by atoms with Gasteiger partial charge in [0.2, 0.25) is 0 Å². The van der Waals surface area contributed by atoms with Crippen molar-refractivity contribution in [2.45, 2.75) is 133 Å². The summed E-state index contributed by atoms with van der Waals surface area (Å²) < 4.78 is 49.6. The van der Waals surface area contributed by atoms with Crippen LogP contribution in [0.1, 0.15) is 84.5 Å². The van der Waals surface area contributed by atoms with Gasteiger partial charge in [-0.05, 0) is 31.6 Å². The number of rotatable bonds is 6. The third-order valence-corrected chi connectivity index (χ3v) is 9.06. The minimum absolute atomic E-state index is 0.115. The van der Waals surface area contributed by atoms with Gasteiger partial charge in [0, 0.05) is 25.7 Å². The molecule has 6 atom stereocenters. The molecule has 2 aliphatic heterocycles. The van der Waals surface area contributed by atoms with E-state index in [9.17, 15) is 14.6 Å². The minimum Gasteiger partial charge on any atom is -0.387 e. The molecule has 2 N–H and O–H groups in total. The van der Waals surface area contributed by atoms with Crippen molar-refractivity contribution in [3.8, 4) is 0 Å². The van der Waals surface area contributed by atoms with E-state index in [1.807, 2.05) is 13.8 Å². The molecule has 5 fully saturated rings. The summed E-state index contributed by atoms with van der Waals surface area (Å²) in [6.45, 7) is 4.06. The van der Waals surface area contributed by atoms with Crippen LogP contribution < -0.4 is 0 Å². The Kier molecular flexibility index (Phi) is 7.02. The van der Waals surface area contributed by atoms with E-state index in [-0.39, 0.29) is 12.5 Å².